The van der Waals surface area contributed by atoms with Gasteiger partial charge in [-0.1, -0.05) is 12.1 Å². The van der Waals surface area contributed by atoms with E-state index in [9.17, 15) is 14.7 Å². The molecule has 1 saturated heterocycles. The van der Waals surface area contributed by atoms with Crippen LogP contribution in [0.5, 0.6) is 0 Å². The summed E-state index contributed by atoms with van der Waals surface area (Å²) in [5.74, 6) is -0.498. The molecule has 5 nitrogen and oxygen atoms in total. The molecule has 2 rings (SSSR count). The normalized spacial score (nSPS) is 18.2. The fourth-order valence-electron chi connectivity index (χ4n) is 2.75. The Hall–Kier alpha value is -1.88. The summed E-state index contributed by atoms with van der Waals surface area (Å²) < 4.78 is 0. The van der Waals surface area contributed by atoms with Gasteiger partial charge >= 0.3 is 5.97 Å². The highest BCUT2D eigenvalue weighted by Crippen LogP contribution is 2.22. The van der Waals surface area contributed by atoms with Crippen LogP contribution in [0, 0.1) is 5.92 Å². The van der Waals surface area contributed by atoms with E-state index < -0.39 is 5.97 Å². The fourth-order valence-corrected chi connectivity index (χ4v) is 2.75. The first kappa shape index (κ1) is 15.5. The quantitative estimate of drug-likeness (QED) is 0.871. The van der Waals surface area contributed by atoms with Crippen molar-refractivity contribution in [2.24, 2.45) is 5.92 Å². The summed E-state index contributed by atoms with van der Waals surface area (Å²) in [7, 11) is 1.64. The summed E-state index contributed by atoms with van der Waals surface area (Å²) >= 11 is 0. The van der Waals surface area contributed by atoms with E-state index in [0.29, 0.717) is 18.0 Å². The van der Waals surface area contributed by atoms with Crippen molar-refractivity contribution in [2.45, 2.75) is 25.7 Å². The van der Waals surface area contributed by atoms with E-state index in [2.05, 4.69) is 5.32 Å². The molecular formula is C16H22N2O3. The predicted molar refractivity (Wildman–Crippen MR) is 81.6 cm³/mol. The summed E-state index contributed by atoms with van der Waals surface area (Å²) in [6, 6.07) is 6.60. The van der Waals surface area contributed by atoms with Crippen molar-refractivity contribution in [2.75, 3.05) is 25.0 Å². The van der Waals surface area contributed by atoms with E-state index in [1.807, 2.05) is 0 Å². The van der Waals surface area contributed by atoms with Gasteiger partial charge in [-0.3, -0.25) is 4.79 Å². The van der Waals surface area contributed by atoms with Crippen LogP contribution in [0.2, 0.25) is 0 Å². The Bertz CT molecular complexity index is 510. The first-order valence-corrected chi connectivity index (χ1v) is 7.39. The van der Waals surface area contributed by atoms with Crippen LogP contribution in [0.1, 0.15) is 36.0 Å². The van der Waals surface area contributed by atoms with E-state index in [0.717, 1.165) is 32.4 Å². The first-order valence-electron chi connectivity index (χ1n) is 7.39. The lowest BCUT2D eigenvalue weighted by Crippen LogP contribution is -2.32. The number of nitrogens with zero attached hydrogens (tertiary/aromatic N) is 1. The molecule has 0 radical (unpaired) electrons. The van der Waals surface area contributed by atoms with Crippen LogP contribution >= 0.6 is 0 Å². The smallest absolute Gasteiger partial charge is 0.337 e. The number of carboxylic acid groups (broad SMARTS) is 1. The van der Waals surface area contributed by atoms with Crippen molar-refractivity contribution in [3.63, 3.8) is 0 Å². The van der Waals surface area contributed by atoms with Gasteiger partial charge in [-0.05, 0) is 50.4 Å². The minimum atomic E-state index is -1.01. The molecule has 1 aromatic rings. The molecule has 1 heterocycles. The van der Waals surface area contributed by atoms with Gasteiger partial charge in [-0.15, -0.1) is 0 Å². The number of hydrogen-bond donors (Lipinski definition) is 2. The van der Waals surface area contributed by atoms with Gasteiger partial charge < -0.3 is 15.3 Å². The maximum Gasteiger partial charge on any atom is 0.337 e. The molecular weight excluding hydrogens is 268 g/mol. The van der Waals surface area contributed by atoms with Gasteiger partial charge in [-0.2, -0.15) is 0 Å². The topological polar surface area (TPSA) is 69.6 Å². The molecule has 1 aromatic carbocycles. The third-order valence-corrected chi connectivity index (χ3v) is 4.04. The number of hydrogen-bond acceptors (Lipinski definition) is 3. The summed E-state index contributed by atoms with van der Waals surface area (Å²) in [6.45, 7) is 2.04. The lowest BCUT2D eigenvalue weighted by molar-refractivity contribution is -0.118. The van der Waals surface area contributed by atoms with E-state index in [4.69, 9.17) is 0 Å². The zero-order chi connectivity index (χ0) is 15.2. The van der Waals surface area contributed by atoms with E-state index >= 15 is 0 Å². The molecule has 0 bridgehead atoms. The second-order valence-corrected chi connectivity index (χ2v) is 5.53. The second-order valence-electron chi connectivity index (χ2n) is 5.53. The van der Waals surface area contributed by atoms with Gasteiger partial charge in [0.2, 0.25) is 5.91 Å². The Balaban J connectivity index is 1.97. The van der Waals surface area contributed by atoms with Gasteiger partial charge in [0.25, 0.3) is 0 Å². The Morgan fingerprint density at radius 3 is 2.81 bits per heavy atom. The van der Waals surface area contributed by atoms with Gasteiger partial charge in [0.05, 0.1) is 11.3 Å². The van der Waals surface area contributed by atoms with Crippen molar-refractivity contribution in [3.05, 3.63) is 29.8 Å². The second kappa shape index (κ2) is 7.22. The highest BCUT2D eigenvalue weighted by molar-refractivity contribution is 6.01. The molecule has 21 heavy (non-hydrogen) atoms. The third-order valence-electron chi connectivity index (χ3n) is 4.04. The van der Waals surface area contributed by atoms with Crippen molar-refractivity contribution in [1.82, 2.24) is 5.32 Å². The predicted octanol–water partition coefficient (Wildman–Crippen LogP) is 2.13. The van der Waals surface area contributed by atoms with Crippen LogP contribution in [0.3, 0.4) is 0 Å². The van der Waals surface area contributed by atoms with Crippen LogP contribution in [0.15, 0.2) is 24.3 Å². The Morgan fingerprint density at radius 2 is 2.14 bits per heavy atom. The molecule has 5 heteroatoms. The first-order chi connectivity index (χ1) is 10.1. The minimum absolute atomic E-state index is 0.0331. The number of rotatable bonds is 5. The largest absolute Gasteiger partial charge is 0.478 e. The lowest BCUT2D eigenvalue weighted by Gasteiger charge is -2.24. The van der Waals surface area contributed by atoms with Crippen molar-refractivity contribution < 1.29 is 14.7 Å². The summed E-state index contributed by atoms with van der Waals surface area (Å²) in [4.78, 5) is 24.9. The molecule has 1 aliphatic heterocycles. The molecule has 1 aliphatic rings. The highest BCUT2D eigenvalue weighted by Gasteiger charge is 2.20. The number of aromatic carboxylic acids is 1. The van der Waals surface area contributed by atoms with Gasteiger partial charge in [0.15, 0.2) is 0 Å². The zero-order valence-electron chi connectivity index (χ0n) is 12.3. The van der Waals surface area contributed by atoms with Crippen molar-refractivity contribution in [1.29, 1.82) is 0 Å². The minimum Gasteiger partial charge on any atom is -0.478 e. The molecule has 0 aromatic heterocycles. The molecule has 1 atom stereocenters. The molecule has 1 fully saturated rings. The van der Waals surface area contributed by atoms with E-state index in [1.165, 1.54) is 11.0 Å². The molecule has 0 spiro atoms. The zero-order valence-corrected chi connectivity index (χ0v) is 12.3. The third kappa shape index (κ3) is 4.04. The lowest BCUT2D eigenvalue weighted by atomic mass is 9.94. The number of anilines is 1. The number of carboxylic acids is 1. The standard InChI is InChI=1S/C16H22N2O3/c1-18(14-7-3-2-6-13(14)16(20)21)15(19)9-8-12-5-4-10-17-11-12/h2-3,6-7,12,17H,4-5,8-11H2,1H3,(H,20,21). The maximum atomic E-state index is 12.3. The highest BCUT2D eigenvalue weighted by atomic mass is 16.4. The van der Waals surface area contributed by atoms with E-state index in [-0.39, 0.29) is 11.5 Å². The number of para-hydroxylation sites is 1. The number of nitrogens with one attached hydrogen (secondary N) is 1. The van der Waals surface area contributed by atoms with Crippen LogP contribution in [0.4, 0.5) is 5.69 Å². The number of piperidine rings is 1. The Morgan fingerprint density at radius 1 is 1.38 bits per heavy atom. The molecule has 1 unspecified atom stereocenters. The Labute approximate surface area is 125 Å². The van der Waals surface area contributed by atoms with Crippen molar-refractivity contribution in [3.8, 4) is 0 Å². The maximum absolute atomic E-state index is 12.3. The average molecular weight is 290 g/mol. The SMILES string of the molecule is CN(C(=O)CCC1CCCNC1)c1ccccc1C(=O)O. The number of amides is 1. The molecule has 1 amide bonds. The summed E-state index contributed by atoms with van der Waals surface area (Å²) in [5, 5.41) is 12.5. The molecule has 2 N–H and O–H groups in total. The van der Waals surface area contributed by atoms with Gasteiger partial charge in [0, 0.05) is 13.5 Å². The van der Waals surface area contributed by atoms with Crippen LogP contribution < -0.4 is 10.2 Å². The van der Waals surface area contributed by atoms with Gasteiger partial charge in [-0.25, -0.2) is 4.79 Å². The Kier molecular flexibility index (Phi) is 5.33. The van der Waals surface area contributed by atoms with Crippen LogP contribution in [0.25, 0.3) is 0 Å². The summed E-state index contributed by atoms with van der Waals surface area (Å²) in [6.07, 6.45) is 3.63. The molecule has 114 valence electrons. The van der Waals surface area contributed by atoms with Gasteiger partial charge in [0.1, 0.15) is 0 Å². The molecule has 0 saturated carbocycles. The molecule has 0 aliphatic carbocycles. The number of carbonyl (C=O) groups is 2. The monoisotopic (exact) mass is 290 g/mol. The van der Waals surface area contributed by atoms with Crippen LogP contribution in [-0.4, -0.2) is 37.1 Å². The average Bonchev–Trinajstić information content (AvgIpc) is 2.52. The van der Waals surface area contributed by atoms with Crippen molar-refractivity contribution >= 4 is 17.6 Å². The van der Waals surface area contributed by atoms with E-state index in [1.54, 1.807) is 25.2 Å². The summed E-state index contributed by atoms with van der Waals surface area (Å²) in [5.41, 5.74) is 0.615. The fraction of sp³-hybridized carbons (Fsp3) is 0.500. The number of carbonyl (C=O) groups excluding carboxylic acids is 1. The van der Waals surface area contributed by atoms with Crippen LogP contribution in [-0.2, 0) is 4.79 Å². The number of benzene rings is 1.